The number of hydrogen-bond donors (Lipinski definition) is 4. The molecule has 3 heterocycles. The van der Waals surface area contributed by atoms with Crippen molar-refractivity contribution < 1.29 is 34.8 Å². The van der Waals surface area contributed by atoms with Crippen molar-refractivity contribution in [2.45, 2.75) is 18.9 Å². The third kappa shape index (κ3) is 6.27. The van der Waals surface area contributed by atoms with Crippen LogP contribution >= 0.6 is 0 Å². The van der Waals surface area contributed by atoms with Crippen molar-refractivity contribution in [2.75, 3.05) is 18.0 Å². The van der Waals surface area contributed by atoms with Crippen LogP contribution < -0.4 is 4.90 Å². The maximum absolute atomic E-state index is 11.0. The minimum Gasteiger partial charge on any atom is -0.483 e. The Morgan fingerprint density at radius 1 is 1.21 bits per heavy atom. The number of aliphatic hydroxyl groups is 1. The first kappa shape index (κ1) is 23.6. The highest BCUT2D eigenvalue weighted by atomic mass is 16.4. The summed E-state index contributed by atoms with van der Waals surface area (Å²) < 4.78 is 3.32. The lowest BCUT2D eigenvalue weighted by molar-refractivity contribution is -0.123. The molecule has 0 radical (unpaired) electrons. The molecule has 0 saturated carbocycles. The van der Waals surface area contributed by atoms with Crippen molar-refractivity contribution in [3.63, 3.8) is 0 Å². The second kappa shape index (κ2) is 11.4. The Hall–Kier alpha value is -3.48. The van der Waals surface area contributed by atoms with Gasteiger partial charge in [-0.25, -0.2) is 14.5 Å². The summed E-state index contributed by atoms with van der Waals surface area (Å²) >= 11 is 0. The molecule has 3 rings (SSSR count). The number of aryl methyl sites for hydroxylation is 2. The van der Waals surface area contributed by atoms with Crippen LogP contribution in [-0.4, -0.2) is 76.7 Å². The van der Waals surface area contributed by atoms with Crippen LogP contribution in [0.4, 0.5) is 5.95 Å². The van der Waals surface area contributed by atoms with E-state index < -0.39 is 12.1 Å². The smallest absolute Gasteiger partial charge is 0.375 e. The van der Waals surface area contributed by atoms with Crippen molar-refractivity contribution in [2.24, 2.45) is 20.0 Å². The van der Waals surface area contributed by atoms with Crippen LogP contribution in [0.3, 0.4) is 0 Å². The first-order valence-corrected chi connectivity index (χ1v) is 8.50. The number of piperidine rings is 1. The molecule has 1 fully saturated rings. The Kier molecular flexibility index (Phi) is 9.25. The fourth-order valence-electron chi connectivity index (χ4n) is 3.03. The van der Waals surface area contributed by atoms with Gasteiger partial charge in [-0.15, -0.1) is 5.10 Å². The SMILES string of the molecule is Cn1ccnc1C(O)C1CCN(c2nc(C(=O)O)nn2C)CC1.O=CO.O=CO. The van der Waals surface area contributed by atoms with Gasteiger partial charge in [0, 0.05) is 39.6 Å². The molecule has 0 spiro atoms. The van der Waals surface area contributed by atoms with E-state index in [4.69, 9.17) is 24.9 Å². The number of carboxylic acids is 1. The minimum absolute atomic E-state index is 0.125. The zero-order valence-electron chi connectivity index (χ0n) is 16.0. The standard InChI is InChI=1S/C14H20N6O3.2CH2O2/c1-18-8-5-15-12(18)10(21)9-3-6-20(7-4-9)14-16-11(13(22)23)17-19(14)2;2*2-1-3/h5,8-10,21H,3-4,6-7H2,1-2H3,(H,22,23);2*1H,(H,2,3). The largest absolute Gasteiger partial charge is 0.483 e. The fourth-order valence-corrected chi connectivity index (χ4v) is 3.03. The summed E-state index contributed by atoms with van der Waals surface area (Å²) in [4.78, 5) is 38.0. The van der Waals surface area contributed by atoms with Gasteiger partial charge < -0.3 is 29.9 Å². The van der Waals surface area contributed by atoms with E-state index in [9.17, 15) is 9.90 Å². The van der Waals surface area contributed by atoms with Crippen molar-refractivity contribution in [3.8, 4) is 0 Å². The lowest BCUT2D eigenvalue weighted by Gasteiger charge is -2.34. The third-order valence-corrected chi connectivity index (χ3v) is 4.32. The molecule has 0 amide bonds. The molecule has 0 aromatic carbocycles. The van der Waals surface area contributed by atoms with Gasteiger partial charge >= 0.3 is 5.97 Å². The van der Waals surface area contributed by atoms with E-state index in [1.165, 1.54) is 4.68 Å². The molecular weight excluding hydrogens is 388 g/mol. The quantitative estimate of drug-likeness (QED) is 0.479. The first-order valence-electron chi connectivity index (χ1n) is 8.50. The molecular formula is C16H24N6O7. The number of hydrogen-bond acceptors (Lipinski definition) is 8. The van der Waals surface area contributed by atoms with Crippen LogP contribution in [-0.2, 0) is 23.7 Å². The normalized spacial score (nSPS) is 14.7. The van der Waals surface area contributed by atoms with Gasteiger partial charge in [0.25, 0.3) is 18.8 Å². The van der Waals surface area contributed by atoms with Gasteiger partial charge in [-0.1, -0.05) is 0 Å². The number of aliphatic hydroxyl groups excluding tert-OH is 1. The van der Waals surface area contributed by atoms with E-state index in [0.29, 0.717) is 24.9 Å². The molecule has 2 aromatic rings. The summed E-state index contributed by atoms with van der Waals surface area (Å²) in [6.07, 6.45) is 4.47. The molecule has 1 aliphatic heterocycles. The van der Waals surface area contributed by atoms with Gasteiger partial charge in [-0.05, 0) is 18.8 Å². The zero-order valence-corrected chi connectivity index (χ0v) is 16.0. The highest BCUT2D eigenvalue weighted by Gasteiger charge is 2.30. The number of anilines is 1. The van der Waals surface area contributed by atoms with Crippen LogP contribution in [0.25, 0.3) is 0 Å². The topological polar surface area (TPSA) is 184 Å². The van der Waals surface area contributed by atoms with Crippen molar-refractivity contribution in [3.05, 3.63) is 24.0 Å². The van der Waals surface area contributed by atoms with Crippen molar-refractivity contribution in [1.82, 2.24) is 24.3 Å². The average Bonchev–Trinajstić information content (AvgIpc) is 3.28. The van der Waals surface area contributed by atoms with Gasteiger partial charge in [0.1, 0.15) is 11.9 Å². The lowest BCUT2D eigenvalue weighted by Crippen LogP contribution is -2.37. The summed E-state index contributed by atoms with van der Waals surface area (Å²) in [6.45, 7) is 0.884. The summed E-state index contributed by atoms with van der Waals surface area (Å²) in [6, 6.07) is 0. The predicted octanol–water partition coefficient (Wildman–Crippen LogP) is -0.402. The molecule has 1 unspecified atom stereocenters. The van der Waals surface area contributed by atoms with Crippen LogP contribution in [0.2, 0.25) is 0 Å². The fraction of sp³-hybridized carbons (Fsp3) is 0.500. The van der Waals surface area contributed by atoms with E-state index in [2.05, 4.69) is 15.1 Å². The van der Waals surface area contributed by atoms with E-state index in [0.717, 1.165) is 12.8 Å². The van der Waals surface area contributed by atoms with Gasteiger partial charge in [0.2, 0.25) is 5.95 Å². The Labute approximate surface area is 165 Å². The summed E-state index contributed by atoms with van der Waals surface area (Å²) in [5, 5.41) is 37.1. The number of imidazole rings is 1. The Morgan fingerprint density at radius 2 is 1.76 bits per heavy atom. The Bertz CT molecular complexity index is 792. The molecule has 1 aliphatic rings. The molecule has 160 valence electrons. The number of aromatic carboxylic acids is 1. The second-order valence-electron chi connectivity index (χ2n) is 6.04. The zero-order chi connectivity index (χ0) is 22.0. The van der Waals surface area contributed by atoms with E-state index >= 15 is 0 Å². The number of carboxylic acid groups (broad SMARTS) is 3. The van der Waals surface area contributed by atoms with Crippen LogP contribution in [0.1, 0.15) is 35.4 Å². The summed E-state index contributed by atoms with van der Waals surface area (Å²) in [5.74, 6) is 0.0201. The third-order valence-electron chi connectivity index (χ3n) is 4.32. The van der Waals surface area contributed by atoms with E-state index in [-0.39, 0.29) is 24.7 Å². The number of carbonyl (C=O) groups is 3. The number of aromatic nitrogens is 5. The van der Waals surface area contributed by atoms with Gasteiger partial charge in [0.05, 0.1) is 0 Å². The maximum atomic E-state index is 11.0. The molecule has 13 nitrogen and oxygen atoms in total. The van der Waals surface area contributed by atoms with E-state index in [1.54, 1.807) is 13.2 Å². The molecule has 4 N–H and O–H groups in total. The molecule has 13 heteroatoms. The average molecular weight is 412 g/mol. The molecule has 0 bridgehead atoms. The predicted molar refractivity (Wildman–Crippen MR) is 98.5 cm³/mol. The van der Waals surface area contributed by atoms with Crippen LogP contribution in [0.5, 0.6) is 0 Å². The summed E-state index contributed by atoms with van der Waals surface area (Å²) in [5.41, 5.74) is 0. The number of rotatable bonds is 4. The van der Waals surface area contributed by atoms with E-state index in [1.807, 2.05) is 22.7 Å². The van der Waals surface area contributed by atoms with Crippen molar-refractivity contribution in [1.29, 1.82) is 0 Å². The highest BCUT2D eigenvalue weighted by Crippen LogP contribution is 2.31. The molecule has 1 atom stereocenters. The molecule has 2 aromatic heterocycles. The second-order valence-corrected chi connectivity index (χ2v) is 6.04. The van der Waals surface area contributed by atoms with Gasteiger partial charge in [-0.2, -0.15) is 4.98 Å². The van der Waals surface area contributed by atoms with Gasteiger partial charge in [0.15, 0.2) is 0 Å². The van der Waals surface area contributed by atoms with Gasteiger partial charge in [-0.3, -0.25) is 9.59 Å². The number of nitrogens with zero attached hydrogens (tertiary/aromatic N) is 6. The summed E-state index contributed by atoms with van der Waals surface area (Å²) in [7, 11) is 3.55. The Balaban J connectivity index is 0.000000626. The molecule has 29 heavy (non-hydrogen) atoms. The van der Waals surface area contributed by atoms with Crippen molar-refractivity contribution >= 4 is 24.9 Å². The molecule has 1 saturated heterocycles. The molecule has 0 aliphatic carbocycles. The first-order chi connectivity index (χ1) is 13.8. The monoisotopic (exact) mass is 412 g/mol. The lowest BCUT2D eigenvalue weighted by atomic mass is 9.91. The highest BCUT2D eigenvalue weighted by molar-refractivity contribution is 5.83. The Morgan fingerprint density at radius 3 is 2.17 bits per heavy atom. The maximum Gasteiger partial charge on any atom is 0.375 e. The van der Waals surface area contributed by atoms with Crippen LogP contribution in [0.15, 0.2) is 12.4 Å². The minimum atomic E-state index is -1.13. The van der Waals surface area contributed by atoms with Crippen LogP contribution in [0, 0.1) is 5.92 Å².